The van der Waals surface area contributed by atoms with Gasteiger partial charge in [-0.2, -0.15) is 15.8 Å². The quantitative estimate of drug-likeness (QED) is 0.0934. The second-order valence-corrected chi connectivity index (χ2v) is 32.5. The van der Waals surface area contributed by atoms with Gasteiger partial charge >= 0.3 is 0 Å². The zero-order valence-corrected chi connectivity index (χ0v) is 72.3. The van der Waals surface area contributed by atoms with Gasteiger partial charge in [0.15, 0.2) is 40.8 Å². The van der Waals surface area contributed by atoms with Crippen molar-refractivity contribution in [2.45, 2.75) is 0 Å². The summed E-state index contributed by atoms with van der Waals surface area (Å²) < 4.78 is 19.5. The van der Waals surface area contributed by atoms with Gasteiger partial charge in [0, 0.05) is 88.0 Å². The molecule has 0 atom stereocenters. The maximum absolute atomic E-state index is 9.30. The van der Waals surface area contributed by atoms with E-state index in [1.54, 1.807) is 0 Å². The van der Waals surface area contributed by atoms with Crippen molar-refractivity contribution in [3.8, 4) is 187 Å². The molecule has 18 aromatic carbocycles. The number of hydrogen-bond acceptors (Lipinski definition) is 14. The topological polar surface area (TPSA) is 214 Å². The highest BCUT2D eigenvalue weighted by molar-refractivity contribution is 6.15. The summed E-state index contributed by atoms with van der Waals surface area (Å²) in [5.41, 5.74) is 29.4. The van der Waals surface area contributed by atoms with Crippen LogP contribution < -0.4 is 0 Å². The molecular formula is C121H73N11O3. The number of aromatic nitrogens is 8. The maximum atomic E-state index is 9.30. The SMILES string of the molecule is N#Cc1ccc(-c2cc(-c3ccc(-c4nc(-c5ccccc5)nc(-c5ccccc5)n4)cc3)c3oc4ccccc4c3c2)cc1.N#Cc1ccc(-c2cc(-c3nc(-c4ccccc4)nc(-c4ccccc4)n3)c3oc4ccccc4c3c2)cc1.N#Cc1ccc(-c2ccc(-c3ccc4c(oc5ccccc54)c3-c3ccc(-c4cc(-c5ccccc5)nc(-c5ccccc5)n4)cc3)cc2)cc1. The Labute approximate surface area is 776 Å². The summed E-state index contributed by atoms with van der Waals surface area (Å²) in [7, 11) is 0. The highest BCUT2D eigenvalue weighted by Crippen LogP contribution is 2.46. The van der Waals surface area contributed by atoms with E-state index in [-0.39, 0.29) is 0 Å². The van der Waals surface area contributed by atoms with Crippen molar-refractivity contribution in [3.63, 3.8) is 0 Å². The minimum atomic E-state index is 0.530. The fourth-order valence-corrected chi connectivity index (χ4v) is 17.3. The molecule has 0 amide bonds. The maximum Gasteiger partial charge on any atom is 0.167 e. The smallest absolute Gasteiger partial charge is 0.167 e. The summed E-state index contributed by atoms with van der Waals surface area (Å²) in [4.78, 5) is 39.3. The van der Waals surface area contributed by atoms with Gasteiger partial charge < -0.3 is 13.3 Å². The molecule has 24 rings (SSSR count). The molecule has 0 fully saturated rings. The normalized spacial score (nSPS) is 11.1. The molecule has 0 saturated carbocycles. The van der Waals surface area contributed by atoms with Gasteiger partial charge in [0.1, 0.15) is 33.5 Å². The van der Waals surface area contributed by atoms with Crippen molar-refractivity contribution in [3.05, 3.63) is 460 Å². The number of furan rings is 3. The van der Waals surface area contributed by atoms with Gasteiger partial charge in [0.2, 0.25) is 0 Å². The van der Waals surface area contributed by atoms with Gasteiger partial charge in [-0.1, -0.05) is 352 Å². The first-order chi connectivity index (χ1) is 66.7. The van der Waals surface area contributed by atoms with Crippen molar-refractivity contribution in [2.75, 3.05) is 0 Å². The van der Waals surface area contributed by atoms with Crippen LogP contribution in [0.3, 0.4) is 0 Å². The number of nitriles is 3. The molecule has 6 aromatic heterocycles. The van der Waals surface area contributed by atoms with E-state index in [2.05, 4.69) is 170 Å². The summed E-state index contributed by atoms with van der Waals surface area (Å²) in [6.07, 6.45) is 0. The van der Waals surface area contributed by atoms with Crippen LogP contribution in [-0.4, -0.2) is 39.9 Å². The minimum Gasteiger partial charge on any atom is -0.455 e. The van der Waals surface area contributed by atoms with Gasteiger partial charge in [-0.3, -0.25) is 0 Å². The van der Waals surface area contributed by atoms with E-state index in [1.807, 2.05) is 291 Å². The second kappa shape index (κ2) is 36.2. The molecule has 0 aliphatic heterocycles. The fourth-order valence-electron chi connectivity index (χ4n) is 17.3. The average Bonchev–Trinajstić information content (AvgIpc) is 1.62. The van der Waals surface area contributed by atoms with Crippen LogP contribution in [0.25, 0.3) is 235 Å². The van der Waals surface area contributed by atoms with Crippen molar-refractivity contribution in [1.82, 2.24) is 39.9 Å². The molecule has 0 saturated heterocycles. The van der Waals surface area contributed by atoms with Crippen LogP contribution in [0.4, 0.5) is 0 Å². The zero-order valence-electron chi connectivity index (χ0n) is 72.3. The van der Waals surface area contributed by atoms with E-state index in [9.17, 15) is 15.8 Å². The molecular weight excluding hydrogens is 1660 g/mol. The van der Waals surface area contributed by atoms with Crippen LogP contribution in [-0.2, 0) is 0 Å². The molecule has 0 aliphatic rings. The third-order valence-electron chi connectivity index (χ3n) is 24.1. The number of rotatable bonds is 15. The summed E-state index contributed by atoms with van der Waals surface area (Å²) in [5.74, 6) is 4.26. The zero-order chi connectivity index (χ0) is 90.5. The van der Waals surface area contributed by atoms with Crippen molar-refractivity contribution in [2.24, 2.45) is 0 Å². The Morgan fingerprint density at radius 2 is 0.430 bits per heavy atom. The molecule has 0 aliphatic carbocycles. The number of nitrogens with zero attached hydrogens (tertiary/aromatic N) is 11. The Balaban J connectivity index is 0.000000119. The lowest BCUT2D eigenvalue weighted by Crippen LogP contribution is -2.00. The van der Waals surface area contributed by atoms with E-state index < -0.39 is 0 Å². The average molecular weight is 1730 g/mol. The Morgan fingerprint density at radius 1 is 0.163 bits per heavy atom. The summed E-state index contributed by atoms with van der Waals surface area (Å²) in [6, 6.07) is 154. The molecule has 24 aromatic rings. The molecule has 135 heavy (non-hydrogen) atoms. The summed E-state index contributed by atoms with van der Waals surface area (Å²) >= 11 is 0. The Hall–Kier alpha value is -19.1. The highest BCUT2D eigenvalue weighted by Gasteiger charge is 2.25. The summed E-state index contributed by atoms with van der Waals surface area (Å²) in [5, 5.41) is 34.1. The molecule has 0 unspecified atom stereocenters. The first kappa shape index (κ1) is 81.7. The molecule has 0 N–H and O–H groups in total. The van der Waals surface area contributed by atoms with Gasteiger partial charge in [0.25, 0.3) is 0 Å². The van der Waals surface area contributed by atoms with Crippen LogP contribution in [0.5, 0.6) is 0 Å². The van der Waals surface area contributed by atoms with Gasteiger partial charge in [-0.05, 0) is 147 Å². The molecule has 0 bridgehead atoms. The van der Waals surface area contributed by atoms with E-state index in [1.165, 1.54) is 0 Å². The molecule has 0 spiro atoms. The first-order valence-electron chi connectivity index (χ1n) is 44.1. The highest BCUT2D eigenvalue weighted by atomic mass is 16.3. The van der Waals surface area contributed by atoms with Crippen LogP contribution in [0.15, 0.2) is 456 Å². The first-order valence-corrected chi connectivity index (χ1v) is 44.1. The van der Waals surface area contributed by atoms with Gasteiger partial charge in [0.05, 0.1) is 51.8 Å². The van der Waals surface area contributed by atoms with Crippen LogP contribution in [0, 0.1) is 34.0 Å². The Morgan fingerprint density at radius 3 is 0.822 bits per heavy atom. The van der Waals surface area contributed by atoms with E-state index in [0.29, 0.717) is 57.5 Å². The van der Waals surface area contributed by atoms with Crippen molar-refractivity contribution < 1.29 is 13.3 Å². The monoisotopic (exact) mass is 1730 g/mol. The Bertz CT molecular complexity index is 8510. The number of para-hydroxylation sites is 3. The third kappa shape index (κ3) is 16.6. The standard InChI is InChI=1S/C47H29N3O.C40H24N4O.C34H20N4O/c48-30-31-15-17-32(18-16-31)33-19-21-34(22-20-33)39-27-28-41-40-13-7-8-14-44(40)51-46(41)45(39)37-25-23-36(24-26-37)43-29-42(35-9-3-1-4-10-35)49-47(50-43)38-11-5-2-6-12-38;41-25-26-15-17-27(18-16-26)32-23-34(37-35(24-32)33-13-7-8-14-36(33)45-37)28-19-21-31(22-20-28)40-43-38(29-9-3-1-4-10-29)42-39(44-40)30-11-5-2-6-12-30;35-21-22-15-17-23(18-16-22)26-19-28-27-13-7-8-14-30(27)39-31(28)29(20-26)34-37-32(24-9-3-1-4-10-24)36-33(38-34)25-11-5-2-6-12-25/h1-29H;1-24H;1-20H. The molecule has 630 valence electrons. The minimum absolute atomic E-state index is 0.530. The van der Waals surface area contributed by atoms with Crippen molar-refractivity contribution in [1.29, 1.82) is 15.8 Å². The van der Waals surface area contributed by atoms with E-state index >= 15 is 0 Å². The molecule has 14 nitrogen and oxygen atoms in total. The predicted octanol–water partition coefficient (Wildman–Crippen LogP) is 30.5. The van der Waals surface area contributed by atoms with E-state index in [0.717, 1.165) is 194 Å². The van der Waals surface area contributed by atoms with Crippen LogP contribution >= 0.6 is 0 Å². The lowest BCUT2D eigenvalue weighted by atomic mass is 9.91. The molecule has 0 radical (unpaired) electrons. The predicted molar refractivity (Wildman–Crippen MR) is 539 cm³/mol. The lowest BCUT2D eigenvalue weighted by molar-refractivity contribution is 0.669. The van der Waals surface area contributed by atoms with E-state index in [4.69, 9.17) is 53.1 Å². The second-order valence-electron chi connectivity index (χ2n) is 32.5. The number of fused-ring (bicyclic) bond motifs is 9. The lowest BCUT2D eigenvalue weighted by Gasteiger charge is -2.13. The van der Waals surface area contributed by atoms with Crippen LogP contribution in [0.1, 0.15) is 16.7 Å². The fraction of sp³-hybridized carbons (Fsp3) is 0. The summed E-state index contributed by atoms with van der Waals surface area (Å²) in [6.45, 7) is 0. The Kier molecular flexibility index (Phi) is 21.9. The number of benzene rings is 18. The third-order valence-corrected chi connectivity index (χ3v) is 24.1. The number of hydrogen-bond donors (Lipinski definition) is 0. The van der Waals surface area contributed by atoms with Gasteiger partial charge in [-0.25, -0.2) is 39.9 Å². The van der Waals surface area contributed by atoms with Gasteiger partial charge in [-0.15, -0.1) is 0 Å². The van der Waals surface area contributed by atoms with Crippen LogP contribution in [0.2, 0.25) is 0 Å². The molecule has 6 heterocycles. The van der Waals surface area contributed by atoms with Crippen molar-refractivity contribution >= 4 is 65.8 Å². The largest absolute Gasteiger partial charge is 0.455 e. The molecule has 14 heteroatoms.